The van der Waals surface area contributed by atoms with E-state index >= 15 is 0 Å². The molecule has 1 amide bonds. The number of carbonyl (C=O) groups excluding carboxylic acids is 1. The van der Waals surface area contributed by atoms with Gasteiger partial charge in [0.1, 0.15) is 17.0 Å². The highest BCUT2D eigenvalue weighted by molar-refractivity contribution is 7.17. The van der Waals surface area contributed by atoms with Crippen LogP contribution in [0.5, 0.6) is 5.88 Å². The van der Waals surface area contributed by atoms with Gasteiger partial charge in [-0.3, -0.25) is 4.79 Å². The topological polar surface area (TPSA) is 87.3 Å². The third-order valence-electron chi connectivity index (χ3n) is 4.64. The SMILES string of the molecule is NC(=O)c1cccc(COCCCOc2ncnc3scc(-c4ccc(F)cc4)c23)c1. The van der Waals surface area contributed by atoms with Gasteiger partial charge in [0, 0.05) is 22.9 Å². The fourth-order valence-electron chi connectivity index (χ4n) is 3.13. The Balaban J connectivity index is 1.34. The van der Waals surface area contributed by atoms with Crippen molar-refractivity contribution in [3.63, 3.8) is 0 Å². The summed E-state index contributed by atoms with van der Waals surface area (Å²) in [5, 5.41) is 2.80. The number of thiophene rings is 1. The average molecular weight is 437 g/mol. The molecule has 0 saturated carbocycles. The molecule has 4 aromatic rings. The number of hydrogen-bond donors (Lipinski definition) is 1. The zero-order valence-corrected chi connectivity index (χ0v) is 17.4. The zero-order valence-electron chi connectivity index (χ0n) is 16.6. The molecule has 2 aromatic heterocycles. The molecule has 0 saturated heterocycles. The summed E-state index contributed by atoms with van der Waals surface area (Å²) in [5.41, 5.74) is 8.45. The Morgan fingerprint density at radius 2 is 1.94 bits per heavy atom. The lowest BCUT2D eigenvalue weighted by molar-refractivity contribution is 0.0998. The fraction of sp³-hybridized carbons (Fsp3) is 0.174. The zero-order chi connectivity index (χ0) is 21.6. The van der Waals surface area contributed by atoms with Gasteiger partial charge < -0.3 is 15.2 Å². The summed E-state index contributed by atoms with van der Waals surface area (Å²) in [5.74, 6) is -0.239. The van der Waals surface area contributed by atoms with Gasteiger partial charge in [0.05, 0.1) is 25.2 Å². The number of carbonyl (C=O) groups is 1. The third kappa shape index (κ3) is 5.04. The molecule has 0 aliphatic carbocycles. The van der Waals surface area contributed by atoms with E-state index in [1.165, 1.54) is 29.8 Å². The number of fused-ring (bicyclic) bond motifs is 1. The fourth-order valence-corrected chi connectivity index (χ4v) is 4.04. The highest BCUT2D eigenvalue weighted by atomic mass is 32.1. The number of amides is 1. The van der Waals surface area contributed by atoms with Crippen molar-refractivity contribution < 1.29 is 18.7 Å². The van der Waals surface area contributed by atoms with Gasteiger partial charge in [-0.2, -0.15) is 0 Å². The van der Waals surface area contributed by atoms with Gasteiger partial charge in [-0.15, -0.1) is 11.3 Å². The first kappa shape index (κ1) is 20.9. The van der Waals surface area contributed by atoms with Gasteiger partial charge >= 0.3 is 0 Å². The van der Waals surface area contributed by atoms with E-state index in [4.69, 9.17) is 15.2 Å². The molecule has 0 unspecified atom stereocenters. The monoisotopic (exact) mass is 437 g/mol. The first-order valence-corrected chi connectivity index (χ1v) is 10.6. The Morgan fingerprint density at radius 3 is 2.74 bits per heavy atom. The molecule has 0 bridgehead atoms. The predicted molar refractivity (Wildman–Crippen MR) is 118 cm³/mol. The third-order valence-corrected chi connectivity index (χ3v) is 5.53. The molecule has 0 aliphatic rings. The molecular formula is C23H20FN3O3S. The molecule has 4 rings (SSSR count). The minimum absolute atomic E-state index is 0.280. The van der Waals surface area contributed by atoms with Crippen LogP contribution in [0, 0.1) is 5.82 Å². The Labute approximate surface area is 182 Å². The first-order chi connectivity index (χ1) is 15.1. The van der Waals surface area contributed by atoms with Crippen molar-refractivity contribution in [2.24, 2.45) is 5.73 Å². The number of nitrogens with zero attached hydrogens (tertiary/aromatic N) is 2. The van der Waals surface area contributed by atoms with Gasteiger partial charge in [0.15, 0.2) is 0 Å². The molecule has 0 radical (unpaired) electrons. The summed E-state index contributed by atoms with van der Waals surface area (Å²) < 4.78 is 24.9. The van der Waals surface area contributed by atoms with Crippen LogP contribution in [-0.2, 0) is 11.3 Å². The van der Waals surface area contributed by atoms with Crippen molar-refractivity contribution >= 4 is 27.5 Å². The number of hydrogen-bond acceptors (Lipinski definition) is 6. The largest absolute Gasteiger partial charge is 0.477 e. The van der Waals surface area contributed by atoms with Gasteiger partial charge in [-0.25, -0.2) is 14.4 Å². The molecule has 8 heteroatoms. The van der Waals surface area contributed by atoms with Gasteiger partial charge in [0.25, 0.3) is 0 Å². The highest BCUT2D eigenvalue weighted by Crippen LogP contribution is 2.37. The van der Waals surface area contributed by atoms with Crippen molar-refractivity contribution in [2.75, 3.05) is 13.2 Å². The molecule has 158 valence electrons. The average Bonchev–Trinajstić information content (AvgIpc) is 3.22. The molecule has 0 fully saturated rings. The summed E-state index contributed by atoms with van der Waals surface area (Å²) in [6, 6.07) is 13.4. The van der Waals surface area contributed by atoms with Crippen molar-refractivity contribution in [2.45, 2.75) is 13.0 Å². The minimum Gasteiger partial charge on any atom is -0.477 e. The smallest absolute Gasteiger partial charge is 0.248 e. The van der Waals surface area contributed by atoms with Crippen molar-refractivity contribution in [3.8, 4) is 17.0 Å². The second-order valence-electron chi connectivity index (χ2n) is 6.83. The number of halogens is 1. The Bertz CT molecular complexity index is 1190. The van der Waals surface area contributed by atoms with Gasteiger partial charge in [-0.05, 0) is 35.4 Å². The van der Waals surface area contributed by atoms with Gasteiger partial charge in [0.2, 0.25) is 11.8 Å². The highest BCUT2D eigenvalue weighted by Gasteiger charge is 2.14. The van der Waals surface area contributed by atoms with Gasteiger partial charge in [-0.1, -0.05) is 24.3 Å². The lowest BCUT2D eigenvalue weighted by Crippen LogP contribution is -2.11. The van der Waals surface area contributed by atoms with E-state index in [0.29, 0.717) is 37.7 Å². The summed E-state index contributed by atoms with van der Waals surface area (Å²) in [7, 11) is 0. The van der Waals surface area contributed by atoms with Crippen molar-refractivity contribution in [3.05, 3.63) is 77.2 Å². The minimum atomic E-state index is -0.458. The van der Waals surface area contributed by atoms with Crippen LogP contribution < -0.4 is 10.5 Å². The first-order valence-electron chi connectivity index (χ1n) is 9.69. The van der Waals surface area contributed by atoms with Crippen LogP contribution in [0.4, 0.5) is 4.39 Å². The van der Waals surface area contributed by atoms with E-state index in [2.05, 4.69) is 9.97 Å². The van der Waals surface area contributed by atoms with Crippen LogP contribution in [-0.4, -0.2) is 29.1 Å². The molecule has 0 spiro atoms. The van der Waals surface area contributed by atoms with Crippen LogP contribution in [0.1, 0.15) is 22.3 Å². The molecule has 31 heavy (non-hydrogen) atoms. The molecule has 2 aromatic carbocycles. The van der Waals surface area contributed by atoms with Crippen LogP contribution in [0.3, 0.4) is 0 Å². The standard InChI is InChI=1S/C23H20FN3O3S/c24-18-7-5-16(6-8-18)19-13-31-23-20(19)22(26-14-27-23)30-10-2-9-29-12-15-3-1-4-17(11-15)21(25)28/h1,3-8,11,13-14H,2,9-10,12H2,(H2,25,28). The van der Waals surface area contributed by atoms with Crippen LogP contribution in [0.15, 0.2) is 60.2 Å². The van der Waals surface area contributed by atoms with Crippen molar-refractivity contribution in [1.29, 1.82) is 0 Å². The van der Waals surface area contributed by atoms with Crippen LogP contribution >= 0.6 is 11.3 Å². The maximum absolute atomic E-state index is 13.3. The number of rotatable bonds is 9. The molecule has 0 atom stereocenters. The maximum atomic E-state index is 13.3. The lowest BCUT2D eigenvalue weighted by Gasteiger charge is -2.09. The number of primary amides is 1. The quantitative estimate of drug-likeness (QED) is 0.387. The van der Waals surface area contributed by atoms with E-state index in [1.807, 2.05) is 11.4 Å². The number of nitrogens with two attached hydrogens (primary N) is 1. The normalized spacial score (nSPS) is 11.0. The summed E-state index contributed by atoms with van der Waals surface area (Å²) >= 11 is 1.49. The van der Waals surface area contributed by atoms with E-state index < -0.39 is 5.91 Å². The van der Waals surface area contributed by atoms with Crippen molar-refractivity contribution in [1.82, 2.24) is 9.97 Å². The second kappa shape index (κ2) is 9.63. The van der Waals surface area contributed by atoms with Crippen LogP contribution in [0.2, 0.25) is 0 Å². The summed E-state index contributed by atoms with van der Waals surface area (Å²) in [6.45, 7) is 1.30. The molecule has 2 heterocycles. The summed E-state index contributed by atoms with van der Waals surface area (Å²) in [4.78, 5) is 20.7. The second-order valence-corrected chi connectivity index (χ2v) is 7.69. The van der Waals surface area contributed by atoms with E-state index in [1.54, 1.807) is 30.3 Å². The maximum Gasteiger partial charge on any atom is 0.248 e. The van der Waals surface area contributed by atoms with E-state index in [0.717, 1.165) is 26.9 Å². The van der Waals surface area contributed by atoms with E-state index in [9.17, 15) is 9.18 Å². The molecule has 0 aliphatic heterocycles. The Kier molecular flexibility index (Phi) is 6.49. The van der Waals surface area contributed by atoms with Crippen LogP contribution in [0.25, 0.3) is 21.3 Å². The predicted octanol–water partition coefficient (Wildman–Crippen LogP) is 4.58. The summed E-state index contributed by atoms with van der Waals surface area (Å²) in [6.07, 6.45) is 2.14. The number of ether oxygens (including phenoxy) is 2. The lowest BCUT2D eigenvalue weighted by atomic mass is 10.1. The Morgan fingerprint density at radius 1 is 1.10 bits per heavy atom. The molecule has 2 N–H and O–H groups in total. The molecular weight excluding hydrogens is 417 g/mol. The van der Waals surface area contributed by atoms with E-state index in [-0.39, 0.29) is 5.82 Å². The molecule has 6 nitrogen and oxygen atoms in total. The number of aromatic nitrogens is 2. The Hall–Kier alpha value is -3.36. The number of benzene rings is 2.